The van der Waals surface area contributed by atoms with Crippen LogP contribution in [0.2, 0.25) is 0 Å². The average Bonchev–Trinajstić information content (AvgIpc) is 2.25. The van der Waals surface area contributed by atoms with Crippen molar-refractivity contribution in [2.45, 2.75) is 19.4 Å². The number of rotatable bonds is 5. The van der Waals surface area contributed by atoms with Crippen LogP contribution in [0.25, 0.3) is 0 Å². The van der Waals surface area contributed by atoms with Gasteiger partial charge in [0, 0.05) is 19.3 Å². The number of aliphatic hydroxyl groups excluding tert-OH is 2. The molecule has 0 aromatic heterocycles. The van der Waals surface area contributed by atoms with Gasteiger partial charge in [-0.25, -0.2) is 0 Å². The fourth-order valence-corrected chi connectivity index (χ4v) is 1.61. The molecule has 84 valence electrons. The number of nitrogens with zero attached hydrogens (tertiary/aromatic N) is 1. The van der Waals surface area contributed by atoms with Gasteiger partial charge in [-0.2, -0.15) is 0 Å². The average molecular weight is 209 g/mol. The zero-order valence-corrected chi connectivity index (χ0v) is 9.35. The van der Waals surface area contributed by atoms with Crippen LogP contribution in [0.5, 0.6) is 0 Å². The van der Waals surface area contributed by atoms with E-state index < -0.39 is 0 Å². The summed E-state index contributed by atoms with van der Waals surface area (Å²) >= 11 is 0. The maximum atomic E-state index is 9.21. The minimum absolute atomic E-state index is 0.0169. The second-order valence-electron chi connectivity index (χ2n) is 3.80. The predicted molar refractivity (Wildman–Crippen MR) is 62.2 cm³/mol. The lowest BCUT2D eigenvalue weighted by atomic mass is 10.1. The first-order chi connectivity index (χ1) is 7.19. The Hall–Kier alpha value is -1.06. The molecule has 0 fully saturated rings. The minimum Gasteiger partial charge on any atom is -0.396 e. The third-order valence-electron chi connectivity index (χ3n) is 2.63. The lowest BCUT2D eigenvalue weighted by Gasteiger charge is -2.28. The predicted octanol–water partition coefficient (Wildman–Crippen LogP) is 1.17. The number of benzene rings is 1. The molecule has 1 aromatic carbocycles. The highest BCUT2D eigenvalue weighted by atomic mass is 16.3. The Morgan fingerprint density at radius 3 is 2.60 bits per heavy atom. The Kier molecular flexibility index (Phi) is 4.59. The van der Waals surface area contributed by atoms with Crippen molar-refractivity contribution < 1.29 is 10.2 Å². The van der Waals surface area contributed by atoms with Crippen molar-refractivity contribution in [2.24, 2.45) is 0 Å². The molecule has 0 heterocycles. The van der Waals surface area contributed by atoms with Gasteiger partial charge in [0.15, 0.2) is 0 Å². The van der Waals surface area contributed by atoms with E-state index in [9.17, 15) is 5.11 Å². The first kappa shape index (κ1) is 12.0. The largest absolute Gasteiger partial charge is 0.396 e. The summed E-state index contributed by atoms with van der Waals surface area (Å²) in [5, 5.41) is 18.1. The van der Waals surface area contributed by atoms with Gasteiger partial charge in [-0.15, -0.1) is 0 Å². The van der Waals surface area contributed by atoms with Crippen LogP contribution >= 0.6 is 0 Å². The van der Waals surface area contributed by atoms with E-state index >= 15 is 0 Å². The van der Waals surface area contributed by atoms with Crippen LogP contribution in [-0.4, -0.2) is 36.5 Å². The highest BCUT2D eigenvalue weighted by molar-refractivity contribution is 5.48. The number of aryl methyl sites for hydroxylation is 1. The fourth-order valence-electron chi connectivity index (χ4n) is 1.61. The van der Waals surface area contributed by atoms with Crippen LogP contribution in [0.1, 0.15) is 12.0 Å². The Bertz CT molecular complexity index is 301. The maximum Gasteiger partial charge on any atom is 0.0635 e. The molecular formula is C12H19NO2. The van der Waals surface area contributed by atoms with Gasteiger partial charge < -0.3 is 15.1 Å². The number of likely N-dealkylation sites (N-methyl/N-ethyl adjacent to an activating group) is 1. The zero-order valence-electron chi connectivity index (χ0n) is 9.35. The maximum absolute atomic E-state index is 9.21. The summed E-state index contributed by atoms with van der Waals surface area (Å²) in [6, 6.07) is 8.09. The highest BCUT2D eigenvalue weighted by Crippen LogP contribution is 2.17. The molecule has 0 bridgehead atoms. The van der Waals surface area contributed by atoms with Crippen LogP contribution in [0.4, 0.5) is 5.69 Å². The topological polar surface area (TPSA) is 43.7 Å². The third kappa shape index (κ3) is 3.22. The molecular weight excluding hydrogens is 190 g/mol. The van der Waals surface area contributed by atoms with Crippen molar-refractivity contribution in [1.82, 2.24) is 0 Å². The van der Waals surface area contributed by atoms with Crippen LogP contribution in [-0.2, 0) is 0 Å². The molecule has 0 spiro atoms. The van der Waals surface area contributed by atoms with E-state index in [4.69, 9.17) is 5.11 Å². The van der Waals surface area contributed by atoms with E-state index in [0.29, 0.717) is 6.42 Å². The molecule has 0 radical (unpaired) electrons. The fraction of sp³-hybridized carbons (Fsp3) is 0.500. The first-order valence-corrected chi connectivity index (χ1v) is 5.20. The molecule has 3 heteroatoms. The van der Waals surface area contributed by atoms with Crippen LogP contribution in [0.3, 0.4) is 0 Å². The van der Waals surface area contributed by atoms with Gasteiger partial charge in [0.2, 0.25) is 0 Å². The minimum atomic E-state index is -0.0169. The summed E-state index contributed by atoms with van der Waals surface area (Å²) in [5.74, 6) is 0. The normalized spacial score (nSPS) is 12.5. The second-order valence-corrected chi connectivity index (χ2v) is 3.80. The summed E-state index contributed by atoms with van der Waals surface area (Å²) in [5.41, 5.74) is 2.27. The Balaban J connectivity index is 2.77. The number of hydrogen-bond donors (Lipinski definition) is 2. The Morgan fingerprint density at radius 1 is 1.33 bits per heavy atom. The van der Waals surface area contributed by atoms with E-state index in [-0.39, 0.29) is 19.3 Å². The SMILES string of the molecule is Cc1cccc(N(C)C(CO)CCO)c1. The van der Waals surface area contributed by atoms with Gasteiger partial charge in [0.1, 0.15) is 0 Å². The van der Waals surface area contributed by atoms with Gasteiger partial charge in [0.25, 0.3) is 0 Å². The van der Waals surface area contributed by atoms with E-state index in [1.54, 1.807) is 0 Å². The molecule has 0 aliphatic heterocycles. The third-order valence-corrected chi connectivity index (χ3v) is 2.63. The van der Waals surface area contributed by atoms with Crippen molar-refractivity contribution in [1.29, 1.82) is 0 Å². The van der Waals surface area contributed by atoms with Gasteiger partial charge in [0.05, 0.1) is 12.6 Å². The number of anilines is 1. The lowest BCUT2D eigenvalue weighted by Crippen LogP contribution is -2.35. The van der Waals surface area contributed by atoms with Crippen molar-refractivity contribution in [3.05, 3.63) is 29.8 Å². The molecule has 1 rings (SSSR count). The molecule has 1 aromatic rings. The molecule has 1 atom stereocenters. The summed E-state index contributed by atoms with van der Waals surface area (Å²) in [4.78, 5) is 2.00. The van der Waals surface area contributed by atoms with E-state index in [2.05, 4.69) is 6.07 Å². The van der Waals surface area contributed by atoms with Crippen LogP contribution in [0, 0.1) is 6.92 Å². The highest BCUT2D eigenvalue weighted by Gasteiger charge is 2.13. The second kappa shape index (κ2) is 5.73. The summed E-state index contributed by atoms with van der Waals surface area (Å²) in [7, 11) is 1.94. The molecule has 0 aliphatic carbocycles. The smallest absolute Gasteiger partial charge is 0.0635 e. The first-order valence-electron chi connectivity index (χ1n) is 5.20. The monoisotopic (exact) mass is 209 g/mol. The van der Waals surface area contributed by atoms with Gasteiger partial charge >= 0.3 is 0 Å². The summed E-state index contributed by atoms with van der Waals surface area (Å²) < 4.78 is 0. The molecule has 1 unspecified atom stereocenters. The summed E-state index contributed by atoms with van der Waals surface area (Å²) in [6.07, 6.45) is 0.584. The molecule has 2 N–H and O–H groups in total. The number of aliphatic hydroxyl groups is 2. The van der Waals surface area contributed by atoms with Gasteiger partial charge in [-0.05, 0) is 31.0 Å². The van der Waals surface area contributed by atoms with Crippen LogP contribution < -0.4 is 4.90 Å². The van der Waals surface area contributed by atoms with Crippen molar-refractivity contribution >= 4 is 5.69 Å². The molecule has 0 saturated heterocycles. The standard InChI is InChI=1S/C12H19NO2/c1-10-4-3-5-11(8-10)13(2)12(9-15)6-7-14/h3-5,8,12,14-15H,6-7,9H2,1-2H3. The zero-order chi connectivity index (χ0) is 11.3. The van der Waals surface area contributed by atoms with Gasteiger partial charge in [-0.3, -0.25) is 0 Å². The van der Waals surface area contributed by atoms with E-state index in [0.717, 1.165) is 5.69 Å². The molecule has 3 nitrogen and oxygen atoms in total. The van der Waals surface area contributed by atoms with Crippen molar-refractivity contribution in [3.63, 3.8) is 0 Å². The summed E-state index contributed by atoms with van der Waals surface area (Å²) in [6.45, 7) is 2.20. The Labute approximate surface area is 91.0 Å². The number of hydrogen-bond acceptors (Lipinski definition) is 3. The lowest BCUT2D eigenvalue weighted by molar-refractivity contribution is 0.218. The van der Waals surface area contributed by atoms with Gasteiger partial charge in [-0.1, -0.05) is 12.1 Å². The van der Waals surface area contributed by atoms with E-state index in [1.807, 2.05) is 37.1 Å². The van der Waals surface area contributed by atoms with Crippen molar-refractivity contribution in [3.8, 4) is 0 Å². The quantitative estimate of drug-likeness (QED) is 0.765. The Morgan fingerprint density at radius 2 is 2.07 bits per heavy atom. The molecule has 0 saturated carbocycles. The van der Waals surface area contributed by atoms with Crippen LogP contribution in [0.15, 0.2) is 24.3 Å². The molecule has 0 amide bonds. The molecule has 15 heavy (non-hydrogen) atoms. The van der Waals surface area contributed by atoms with Crippen molar-refractivity contribution in [2.75, 3.05) is 25.2 Å². The van der Waals surface area contributed by atoms with E-state index in [1.165, 1.54) is 5.56 Å². The molecule has 0 aliphatic rings.